The summed E-state index contributed by atoms with van der Waals surface area (Å²) in [4.78, 5) is 24.2. The lowest BCUT2D eigenvalue weighted by molar-refractivity contribution is -0.127. The molecular weight excluding hydrogens is 460 g/mol. The van der Waals surface area contributed by atoms with Crippen LogP contribution in [-0.2, 0) is 17.8 Å². The molecule has 1 unspecified atom stereocenters. The fourth-order valence-corrected chi connectivity index (χ4v) is 4.80. The van der Waals surface area contributed by atoms with E-state index in [1.165, 1.54) is 16.9 Å². The lowest BCUT2D eigenvalue weighted by Gasteiger charge is -2.29. The van der Waals surface area contributed by atoms with Crippen LogP contribution in [0.2, 0.25) is 0 Å². The molecule has 0 bridgehead atoms. The number of aryl methyl sites for hydroxylation is 2. The van der Waals surface area contributed by atoms with Gasteiger partial charge >= 0.3 is 0 Å². The van der Waals surface area contributed by atoms with Gasteiger partial charge in [0.15, 0.2) is 16.6 Å². The number of carbonyl (C=O) groups excluding carboxylic acids is 1. The zero-order chi connectivity index (χ0) is 21.9. The number of hydrogen-bond donors (Lipinski definition) is 0. The highest BCUT2D eigenvalue weighted by atomic mass is 35.5. The molecule has 3 heterocycles. The van der Waals surface area contributed by atoms with E-state index in [4.69, 9.17) is 14.5 Å². The summed E-state index contributed by atoms with van der Waals surface area (Å²) in [5.41, 5.74) is 2.16. The Morgan fingerprint density at radius 1 is 1.24 bits per heavy atom. The van der Waals surface area contributed by atoms with Crippen molar-refractivity contribution in [3.8, 4) is 11.5 Å². The van der Waals surface area contributed by atoms with Gasteiger partial charge in [0.1, 0.15) is 6.61 Å². The van der Waals surface area contributed by atoms with E-state index in [2.05, 4.69) is 24.0 Å². The summed E-state index contributed by atoms with van der Waals surface area (Å²) < 4.78 is 14.9. The number of imidazole rings is 1. The summed E-state index contributed by atoms with van der Waals surface area (Å²) in [6, 6.07) is 13.7. The van der Waals surface area contributed by atoms with Gasteiger partial charge in [0.05, 0.1) is 16.5 Å². The zero-order valence-corrected chi connectivity index (χ0v) is 19.8. The van der Waals surface area contributed by atoms with Crippen LogP contribution in [0.1, 0.15) is 18.9 Å². The van der Waals surface area contributed by atoms with Gasteiger partial charge < -0.3 is 14.0 Å². The standard InChI is InChI=1S/C24H24N4O3S.ClH/c1-2-17-8-9-18-22(14-17)32-24(26-18)28(12-5-11-27-13-10-25-16-27)23(29)21-15-30-19-6-3-4-7-20(19)31-21;/h3-4,6-10,13-14,16,21H,2,5,11-12,15H2,1H3;1H. The third-order valence-electron chi connectivity index (χ3n) is 5.49. The van der Waals surface area contributed by atoms with E-state index in [-0.39, 0.29) is 24.9 Å². The highest BCUT2D eigenvalue weighted by Crippen LogP contribution is 2.34. The fraction of sp³-hybridized carbons (Fsp3) is 0.292. The molecule has 1 aliphatic rings. The van der Waals surface area contributed by atoms with Crippen molar-refractivity contribution in [3.05, 3.63) is 66.7 Å². The number of hydrogen-bond acceptors (Lipinski definition) is 6. The molecule has 1 amide bonds. The van der Waals surface area contributed by atoms with Crippen molar-refractivity contribution in [2.75, 3.05) is 18.1 Å². The minimum atomic E-state index is -0.712. The summed E-state index contributed by atoms with van der Waals surface area (Å²) in [6.45, 7) is 3.60. The Bertz CT molecular complexity index is 1230. The number of fused-ring (bicyclic) bond motifs is 2. The molecule has 0 radical (unpaired) electrons. The second-order valence-corrected chi connectivity index (χ2v) is 8.67. The van der Waals surface area contributed by atoms with Crippen molar-refractivity contribution in [2.24, 2.45) is 0 Å². The molecule has 0 aliphatic carbocycles. The monoisotopic (exact) mass is 484 g/mol. The van der Waals surface area contributed by atoms with Gasteiger partial charge in [0.25, 0.3) is 5.91 Å². The predicted molar refractivity (Wildman–Crippen MR) is 132 cm³/mol. The summed E-state index contributed by atoms with van der Waals surface area (Å²) >= 11 is 1.54. The summed E-state index contributed by atoms with van der Waals surface area (Å²) in [7, 11) is 0. The molecule has 0 fully saturated rings. The van der Waals surface area contributed by atoms with Crippen LogP contribution in [0, 0.1) is 0 Å². The molecule has 1 aliphatic heterocycles. The molecule has 0 saturated heterocycles. The van der Waals surface area contributed by atoms with Gasteiger partial charge in [-0.15, -0.1) is 12.4 Å². The Kier molecular flexibility index (Phi) is 7.15. The van der Waals surface area contributed by atoms with E-state index in [1.54, 1.807) is 17.4 Å². The molecule has 4 aromatic rings. The van der Waals surface area contributed by atoms with Crippen LogP contribution in [0.25, 0.3) is 10.2 Å². The summed E-state index contributed by atoms with van der Waals surface area (Å²) in [6.07, 6.45) is 6.48. The lowest BCUT2D eigenvalue weighted by Crippen LogP contribution is -2.47. The second kappa shape index (κ2) is 10.2. The molecular formula is C24H25ClN4O3S. The topological polar surface area (TPSA) is 69.5 Å². The maximum atomic E-state index is 13.6. The number of nitrogens with zero attached hydrogens (tertiary/aromatic N) is 4. The SMILES string of the molecule is CCc1ccc2nc(N(CCCn3ccnc3)C(=O)C3COc4ccccc4O3)sc2c1.Cl. The molecule has 33 heavy (non-hydrogen) atoms. The fourth-order valence-electron chi connectivity index (χ4n) is 3.74. The smallest absolute Gasteiger partial charge is 0.273 e. The van der Waals surface area contributed by atoms with Gasteiger partial charge in [-0.1, -0.05) is 36.5 Å². The van der Waals surface area contributed by atoms with Crippen LogP contribution < -0.4 is 14.4 Å². The maximum absolute atomic E-state index is 13.6. The zero-order valence-electron chi connectivity index (χ0n) is 18.2. The predicted octanol–water partition coefficient (Wildman–Crippen LogP) is 4.74. The number of thiazole rings is 1. The quantitative estimate of drug-likeness (QED) is 0.379. The molecule has 1 atom stereocenters. The first-order chi connectivity index (χ1) is 15.7. The normalized spacial score (nSPS) is 14.6. The minimum Gasteiger partial charge on any atom is -0.485 e. The minimum absolute atomic E-state index is 0. The van der Waals surface area contributed by atoms with Crippen LogP contribution in [0.15, 0.2) is 61.2 Å². The molecule has 9 heteroatoms. The molecule has 5 rings (SSSR count). The van der Waals surface area contributed by atoms with Gasteiger partial charge in [-0.3, -0.25) is 9.69 Å². The number of para-hydroxylation sites is 2. The number of carbonyl (C=O) groups is 1. The first-order valence-electron chi connectivity index (χ1n) is 10.8. The average molecular weight is 485 g/mol. The van der Waals surface area contributed by atoms with E-state index < -0.39 is 6.10 Å². The van der Waals surface area contributed by atoms with Crippen molar-refractivity contribution < 1.29 is 14.3 Å². The second-order valence-electron chi connectivity index (χ2n) is 7.66. The van der Waals surface area contributed by atoms with Crippen LogP contribution in [0.5, 0.6) is 11.5 Å². The van der Waals surface area contributed by atoms with Crippen LogP contribution in [0.3, 0.4) is 0 Å². The number of amides is 1. The van der Waals surface area contributed by atoms with E-state index in [1.807, 2.05) is 41.1 Å². The van der Waals surface area contributed by atoms with Crippen LogP contribution >= 0.6 is 23.7 Å². The first kappa shape index (κ1) is 23.1. The Morgan fingerprint density at radius 3 is 2.88 bits per heavy atom. The van der Waals surface area contributed by atoms with Crippen molar-refractivity contribution >= 4 is 45.0 Å². The lowest BCUT2D eigenvalue weighted by atomic mass is 10.2. The summed E-state index contributed by atoms with van der Waals surface area (Å²) in [5, 5.41) is 0.686. The number of anilines is 1. The van der Waals surface area contributed by atoms with Gasteiger partial charge in [0, 0.05) is 25.5 Å². The number of rotatable bonds is 7. The van der Waals surface area contributed by atoms with Crippen molar-refractivity contribution in [3.63, 3.8) is 0 Å². The third-order valence-corrected chi connectivity index (χ3v) is 6.53. The molecule has 2 aromatic heterocycles. The van der Waals surface area contributed by atoms with Gasteiger partial charge in [-0.25, -0.2) is 9.97 Å². The largest absolute Gasteiger partial charge is 0.485 e. The summed E-state index contributed by atoms with van der Waals surface area (Å²) in [5.74, 6) is 1.11. The van der Waals surface area contributed by atoms with Crippen molar-refractivity contribution in [1.29, 1.82) is 0 Å². The number of benzene rings is 2. The Hall–Kier alpha value is -3.10. The van der Waals surface area contributed by atoms with E-state index in [0.717, 1.165) is 29.6 Å². The van der Waals surface area contributed by atoms with Gasteiger partial charge in [-0.2, -0.15) is 0 Å². The number of ether oxygens (including phenoxy) is 2. The molecule has 2 aromatic carbocycles. The van der Waals surface area contributed by atoms with E-state index in [0.29, 0.717) is 23.2 Å². The van der Waals surface area contributed by atoms with Gasteiger partial charge in [-0.05, 0) is 42.7 Å². The highest BCUT2D eigenvalue weighted by molar-refractivity contribution is 7.22. The first-order valence-corrected chi connectivity index (χ1v) is 11.6. The average Bonchev–Trinajstić information content (AvgIpc) is 3.50. The van der Waals surface area contributed by atoms with Gasteiger partial charge in [0.2, 0.25) is 6.10 Å². The van der Waals surface area contributed by atoms with Crippen molar-refractivity contribution in [2.45, 2.75) is 32.4 Å². The number of halogens is 1. The van der Waals surface area contributed by atoms with Crippen molar-refractivity contribution in [1.82, 2.24) is 14.5 Å². The number of aromatic nitrogens is 3. The third kappa shape index (κ3) is 4.96. The van der Waals surface area contributed by atoms with Crippen LogP contribution in [-0.4, -0.2) is 39.7 Å². The van der Waals surface area contributed by atoms with E-state index in [9.17, 15) is 4.79 Å². The molecule has 0 spiro atoms. The maximum Gasteiger partial charge on any atom is 0.273 e. The highest BCUT2D eigenvalue weighted by Gasteiger charge is 2.33. The van der Waals surface area contributed by atoms with E-state index >= 15 is 0 Å². The Labute approximate surface area is 202 Å². The van der Waals surface area contributed by atoms with Crippen LogP contribution in [0.4, 0.5) is 5.13 Å². The molecule has 172 valence electrons. The Morgan fingerprint density at radius 2 is 2.09 bits per heavy atom. The molecule has 7 nitrogen and oxygen atoms in total. The molecule has 0 N–H and O–H groups in total. The Balaban J connectivity index is 0.00000259. The molecule has 0 saturated carbocycles.